The second-order valence-electron chi connectivity index (χ2n) is 7.17. The van der Waals surface area contributed by atoms with Gasteiger partial charge >= 0.3 is 0 Å². The first kappa shape index (κ1) is 19.8. The van der Waals surface area contributed by atoms with Gasteiger partial charge in [-0.15, -0.1) is 0 Å². The lowest BCUT2D eigenvalue weighted by Crippen LogP contribution is -2.36. The molecular formula is C22H19ClN4O3. The van der Waals surface area contributed by atoms with Crippen molar-refractivity contribution in [1.29, 1.82) is 0 Å². The number of fused-ring (bicyclic) bond motifs is 1. The Hall–Kier alpha value is -3.45. The Labute approximate surface area is 178 Å². The first-order valence-corrected chi connectivity index (χ1v) is 9.78. The largest absolute Gasteiger partial charge is 0.324 e. The SMILES string of the molecule is CC(=O)c1cccc(NC(=O)[C@H]2CC(=O)Nc3c(C)c(-c4ccc(Cl)cc4)nn32)c1. The summed E-state index contributed by atoms with van der Waals surface area (Å²) in [7, 11) is 0. The van der Waals surface area contributed by atoms with Crippen LogP contribution in [0.25, 0.3) is 11.3 Å². The predicted octanol–water partition coefficient (Wildman–Crippen LogP) is 4.24. The summed E-state index contributed by atoms with van der Waals surface area (Å²) in [6.45, 7) is 3.31. The fourth-order valence-electron chi connectivity index (χ4n) is 3.47. The van der Waals surface area contributed by atoms with Crippen LogP contribution in [0.2, 0.25) is 5.02 Å². The van der Waals surface area contributed by atoms with Gasteiger partial charge in [0.1, 0.15) is 11.9 Å². The summed E-state index contributed by atoms with van der Waals surface area (Å²) < 4.78 is 1.55. The summed E-state index contributed by atoms with van der Waals surface area (Å²) in [6, 6.07) is 13.1. The number of nitrogens with one attached hydrogen (secondary N) is 2. The number of carbonyl (C=O) groups excluding carboxylic acids is 3. The molecule has 0 radical (unpaired) electrons. The maximum Gasteiger partial charge on any atom is 0.249 e. The Balaban J connectivity index is 1.68. The highest BCUT2D eigenvalue weighted by molar-refractivity contribution is 6.30. The number of carbonyl (C=O) groups is 3. The summed E-state index contributed by atoms with van der Waals surface area (Å²) in [4.78, 5) is 36.9. The normalized spacial score (nSPS) is 15.3. The molecule has 0 fully saturated rings. The number of nitrogens with zero attached hydrogens (tertiary/aromatic N) is 2. The molecule has 0 aliphatic carbocycles. The Bertz CT molecular complexity index is 1170. The van der Waals surface area contributed by atoms with Crippen LogP contribution in [0.5, 0.6) is 0 Å². The molecule has 2 aromatic carbocycles. The molecule has 1 aliphatic rings. The summed E-state index contributed by atoms with van der Waals surface area (Å²) in [5.74, 6) is -0.239. The molecule has 1 aliphatic heterocycles. The van der Waals surface area contributed by atoms with Crippen molar-refractivity contribution in [3.63, 3.8) is 0 Å². The van der Waals surface area contributed by atoms with Crippen molar-refractivity contribution >= 4 is 40.7 Å². The first-order valence-electron chi connectivity index (χ1n) is 9.40. The molecule has 1 aromatic heterocycles. The molecule has 30 heavy (non-hydrogen) atoms. The Morgan fingerprint density at radius 1 is 1.20 bits per heavy atom. The van der Waals surface area contributed by atoms with Gasteiger partial charge in [-0.25, -0.2) is 4.68 Å². The number of hydrogen-bond acceptors (Lipinski definition) is 4. The van der Waals surface area contributed by atoms with E-state index in [9.17, 15) is 14.4 Å². The number of benzene rings is 2. The molecule has 2 amide bonds. The molecule has 2 heterocycles. The summed E-state index contributed by atoms with van der Waals surface area (Å²) in [6.07, 6.45) is -0.0353. The van der Waals surface area contributed by atoms with E-state index in [0.717, 1.165) is 11.1 Å². The van der Waals surface area contributed by atoms with Crippen molar-refractivity contribution in [3.05, 3.63) is 64.7 Å². The lowest BCUT2D eigenvalue weighted by atomic mass is 10.1. The maximum absolute atomic E-state index is 13.0. The highest BCUT2D eigenvalue weighted by Gasteiger charge is 2.34. The minimum absolute atomic E-state index is 0.0353. The van der Waals surface area contributed by atoms with Gasteiger partial charge in [-0.05, 0) is 38.1 Å². The molecule has 2 N–H and O–H groups in total. The molecule has 3 aromatic rings. The first-order chi connectivity index (χ1) is 14.3. The van der Waals surface area contributed by atoms with Crippen molar-refractivity contribution in [2.75, 3.05) is 10.6 Å². The second kappa shape index (κ2) is 7.76. The zero-order valence-corrected chi connectivity index (χ0v) is 17.2. The molecule has 7 nitrogen and oxygen atoms in total. The van der Waals surface area contributed by atoms with Gasteiger partial charge in [-0.3, -0.25) is 14.4 Å². The van der Waals surface area contributed by atoms with Gasteiger partial charge < -0.3 is 10.6 Å². The zero-order chi connectivity index (χ0) is 21.4. The minimum Gasteiger partial charge on any atom is -0.324 e. The van der Waals surface area contributed by atoms with E-state index in [1.54, 1.807) is 41.1 Å². The van der Waals surface area contributed by atoms with Crippen LogP contribution in [0.15, 0.2) is 48.5 Å². The van der Waals surface area contributed by atoms with Crippen LogP contribution < -0.4 is 10.6 Å². The van der Waals surface area contributed by atoms with E-state index in [0.29, 0.717) is 27.8 Å². The molecule has 8 heteroatoms. The topological polar surface area (TPSA) is 93.1 Å². The van der Waals surface area contributed by atoms with Crippen molar-refractivity contribution < 1.29 is 14.4 Å². The van der Waals surface area contributed by atoms with Crippen LogP contribution in [0.3, 0.4) is 0 Å². The van der Waals surface area contributed by atoms with E-state index < -0.39 is 6.04 Å². The van der Waals surface area contributed by atoms with Gasteiger partial charge in [-0.2, -0.15) is 5.10 Å². The number of anilines is 2. The van der Waals surface area contributed by atoms with Crippen molar-refractivity contribution in [3.8, 4) is 11.3 Å². The van der Waals surface area contributed by atoms with E-state index in [2.05, 4.69) is 15.7 Å². The third kappa shape index (κ3) is 3.71. The van der Waals surface area contributed by atoms with Crippen molar-refractivity contribution in [2.45, 2.75) is 26.3 Å². The molecule has 1 atom stereocenters. The molecular weight excluding hydrogens is 404 g/mol. The minimum atomic E-state index is -0.811. The molecule has 0 saturated heterocycles. The summed E-state index contributed by atoms with van der Waals surface area (Å²) in [5.41, 5.74) is 3.25. The van der Waals surface area contributed by atoms with Crippen LogP contribution in [-0.4, -0.2) is 27.4 Å². The Morgan fingerprint density at radius 2 is 1.93 bits per heavy atom. The zero-order valence-electron chi connectivity index (χ0n) is 16.4. The summed E-state index contributed by atoms with van der Waals surface area (Å²) in [5, 5.41) is 10.8. The van der Waals surface area contributed by atoms with Gasteiger partial charge in [0, 0.05) is 27.4 Å². The highest BCUT2D eigenvalue weighted by atomic mass is 35.5. The Kier molecular flexibility index (Phi) is 5.13. The standard InChI is InChI=1S/C22H19ClN4O3/c1-12-20(14-6-8-16(23)9-7-14)26-27-18(11-19(29)25-21(12)27)22(30)24-17-5-3-4-15(10-17)13(2)28/h3-10,18H,11H2,1-2H3,(H,24,30)(H,25,29)/t18-/m1/s1. The van der Waals surface area contributed by atoms with Crippen LogP contribution in [0.4, 0.5) is 11.5 Å². The van der Waals surface area contributed by atoms with Crippen molar-refractivity contribution in [1.82, 2.24) is 9.78 Å². The molecule has 0 bridgehead atoms. The number of aromatic nitrogens is 2. The van der Waals surface area contributed by atoms with E-state index in [-0.39, 0.29) is 24.0 Å². The number of rotatable bonds is 4. The average Bonchev–Trinajstić information content (AvgIpc) is 3.04. The molecule has 0 saturated carbocycles. The molecule has 0 spiro atoms. The fourth-order valence-corrected chi connectivity index (χ4v) is 3.59. The highest BCUT2D eigenvalue weighted by Crippen LogP contribution is 2.34. The summed E-state index contributed by atoms with van der Waals surface area (Å²) >= 11 is 5.97. The quantitative estimate of drug-likeness (QED) is 0.615. The number of ketones is 1. The van der Waals surface area contributed by atoms with Gasteiger partial charge in [0.05, 0.1) is 12.1 Å². The Morgan fingerprint density at radius 3 is 2.63 bits per heavy atom. The number of Topliss-reactive ketones (excluding diaryl/α,β-unsaturated/α-hetero) is 1. The van der Waals surface area contributed by atoms with Crippen LogP contribution in [0.1, 0.15) is 35.3 Å². The average molecular weight is 423 g/mol. The number of hydrogen-bond donors (Lipinski definition) is 2. The monoisotopic (exact) mass is 422 g/mol. The van der Waals surface area contributed by atoms with Crippen LogP contribution in [0, 0.1) is 6.92 Å². The van der Waals surface area contributed by atoms with E-state index in [1.165, 1.54) is 6.92 Å². The molecule has 4 rings (SSSR count). The van der Waals surface area contributed by atoms with E-state index in [1.807, 2.05) is 19.1 Å². The van der Waals surface area contributed by atoms with Crippen LogP contribution in [-0.2, 0) is 9.59 Å². The third-order valence-corrected chi connectivity index (χ3v) is 5.29. The molecule has 152 valence electrons. The van der Waals surface area contributed by atoms with Gasteiger partial charge in [0.2, 0.25) is 11.8 Å². The van der Waals surface area contributed by atoms with Crippen molar-refractivity contribution in [2.24, 2.45) is 0 Å². The predicted molar refractivity (Wildman–Crippen MR) is 115 cm³/mol. The number of halogens is 1. The fraction of sp³-hybridized carbons (Fsp3) is 0.182. The van der Waals surface area contributed by atoms with Gasteiger partial charge in [0.15, 0.2) is 5.78 Å². The third-order valence-electron chi connectivity index (χ3n) is 5.04. The number of amides is 2. The lowest BCUT2D eigenvalue weighted by molar-refractivity contribution is -0.125. The van der Waals surface area contributed by atoms with E-state index in [4.69, 9.17) is 11.6 Å². The van der Waals surface area contributed by atoms with Gasteiger partial charge in [-0.1, -0.05) is 35.9 Å². The van der Waals surface area contributed by atoms with Gasteiger partial charge in [0.25, 0.3) is 0 Å². The molecule has 0 unspecified atom stereocenters. The van der Waals surface area contributed by atoms with E-state index >= 15 is 0 Å². The second-order valence-corrected chi connectivity index (χ2v) is 7.60. The smallest absolute Gasteiger partial charge is 0.249 e. The lowest BCUT2D eigenvalue weighted by Gasteiger charge is -2.24. The van der Waals surface area contributed by atoms with Crippen LogP contribution >= 0.6 is 11.6 Å². The maximum atomic E-state index is 13.0.